The summed E-state index contributed by atoms with van der Waals surface area (Å²) in [5.74, 6) is 0.764. The molecule has 7 nitrogen and oxygen atoms in total. The number of halogens is 2. The first-order chi connectivity index (χ1) is 12.6. The van der Waals surface area contributed by atoms with Gasteiger partial charge < -0.3 is 14.8 Å². The molecule has 4 rings (SSSR count). The number of carbonyl (C=O) groups excluding carboxylic acids is 1. The van der Waals surface area contributed by atoms with E-state index in [1.807, 2.05) is 40.9 Å². The Morgan fingerprint density at radius 2 is 2.15 bits per heavy atom. The predicted octanol–water partition coefficient (Wildman–Crippen LogP) is 2.47. The molecule has 9 heteroatoms. The molecule has 0 spiro atoms. The molecule has 1 aliphatic heterocycles. The molecule has 1 unspecified atom stereocenters. The molecule has 3 aromatic rings. The highest BCUT2D eigenvalue weighted by Crippen LogP contribution is 2.23. The highest BCUT2D eigenvalue weighted by molar-refractivity contribution is 6.30. The number of hydrogen-bond donors (Lipinski definition) is 1. The molecular formula is C18H20Cl2N6O. The lowest BCUT2D eigenvalue weighted by atomic mass is 10.1. The summed E-state index contributed by atoms with van der Waals surface area (Å²) in [7, 11) is 1.94. The first-order valence-corrected chi connectivity index (χ1v) is 8.82. The second kappa shape index (κ2) is 8.12. The molecule has 0 aliphatic carbocycles. The minimum Gasteiger partial charge on any atom is -0.336 e. The maximum absolute atomic E-state index is 13.1. The van der Waals surface area contributed by atoms with Gasteiger partial charge in [0.1, 0.15) is 11.9 Å². The van der Waals surface area contributed by atoms with Crippen LogP contribution in [0.15, 0.2) is 48.9 Å². The molecule has 1 saturated heterocycles. The van der Waals surface area contributed by atoms with Gasteiger partial charge in [-0.3, -0.25) is 4.79 Å². The third kappa shape index (κ3) is 3.85. The lowest BCUT2D eigenvalue weighted by molar-refractivity contribution is 0.0614. The van der Waals surface area contributed by atoms with Crippen LogP contribution in [0.5, 0.6) is 0 Å². The van der Waals surface area contributed by atoms with Gasteiger partial charge in [-0.1, -0.05) is 17.7 Å². The number of imidazole rings is 1. The molecule has 0 saturated carbocycles. The molecule has 0 radical (unpaired) electrons. The summed E-state index contributed by atoms with van der Waals surface area (Å²) in [5.41, 5.74) is 1.23. The minimum absolute atomic E-state index is 0. The first kappa shape index (κ1) is 19.4. The fourth-order valence-electron chi connectivity index (χ4n) is 3.22. The summed E-state index contributed by atoms with van der Waals surface area (Å²) < 4.78 is 3.61. The number of nitrogens with one attached hydrogen (secondary N) is 1. The number of rotatable bonds is 3. The zero-order valence-corrected chi connectivity index (χ0v) is 16.3. The number of hydrogen-bond acceptors (Lipinski definition) is 4. The Morgan fingerprint density at radius 1 is 1.30 bits per heavy atom. The molecule has 1 aliphatic rings. The van der Waals surface area contributed by atoms with Gasteiger partial charge in [0.25, 0.3) is 5.91 Å². The fraction of sp³-hybridized carbons (Fsp3) is 0.278. The monoisotopic (exact) mass is 406 g/mol. The smallest absolute Gasteiger partial charge is 0.275 e. The number of aryl methyl sites for hydroxylation is 1. The van der Waals surface area contributed by atoms with Gasteiger partial charge in [-0.15, -0.1) is 12.4 Å². The normalized spacial score (nSPS) is 16.8. The number of nitrogens with zero attached hydrogens (tertiary/aromatic N) is 5. The zero-order chi connectivity index (χ0) is 18.1. The Hall–Kier alpha value is -2.35. The molecule has 1 amide bonds. The van der Waals surface area contributed by atoms with Gasteiger partial charge in [-0.25, -0.2) is 9.67 Å². The van der Waals surface area contributed by atoms with Gasteiger partial charge in [0.2, 0.25) is 0 Å². The third-order valence-corrected chi connectivity index (χ3v) is 4.78. The molecule has 142 valence electrons. The van der Waals surface area contributed by atoms with Crippen LogP contribution in [0, 0.1) is 0 Å². The Labute approximate surface area is 168 Å². The molecule has 1 aromatic carbocycles. The van der Waals surface area contributed by atoms with Crippen molar-refractivity contribution in [2.75, 3.05) is 19.6 Å². The summed E-state index contributed by atoms with van der Waals surface area (Å²) in [6, 6.07) is 8.99. The van der Waals surface area contributed by atoms with E-state index in [4.69, 9.17) is 11.6 Å². The zero-order valence-electron chi connectivity index (χ0n) is 14.7. The minimum atomic E-state index is -0.118. The van der Waals surface area contributed by atoms with Gasteiger partial charge in [0, 0.05) is 50.3 Å². The standard InChI is InChI=1S/C18H19ClN6O.ClH/c1-23-9-7-21-17(23)16-12-20-6-10-24(16)18(26)15-5-8-25(22-15)14-4-2-3-13(19)11-14;/h2-5,7-9,11,16,20H,6,10,12H2,1H3;1H. The van der Waals surface area contributed by atoms with E-state index >= 15 is 0 Å². The third-order valence-electron chi connectivity index (χ3n) is 4.54. The summed E-state index contributed by atoms with van der Waals surface area (Å²) >= 11 is 6.04. The number of aromatic nitrogens is 4. The van der Waals surface area contributed by atoms with Crippen molar-refractivity contribution in [3.8, 4) is 5.69 Å². The quantitative estimate of drug-likeness (QED) is 0.725. The highest BCUT2D eigenvalue weighted by Gasteiger charge is 2.32. The molecule has 1 N–H and O–H groups in total. The van der Waals surface area contributed by atoms with E-state index in [9.17, 15) is 4.79 Å². The number of benzene rings is 1. The van der Waals surface area contributed by atoms with Crippen molar-refractivity contribution in [3.63, 3.8) is 0 Å². The van der Waals surface area contributed by atoms with Crippen LogP contribution >= 0.6 is 24.0 Å². The maximum Gasteiger partial charge on any atom is 0.275 e. The van der Waals surface area contributed by atoms with Gasteiger partial charge in [0.15, 0.2) is 5.69 Å². The predicted molar refractivity (Wildman–Crippen MR) is 106 cm³/mol. The largest absolute Gasteiger partial charge is 0.336 e. The van der Waals surface area contributed by atoms with Crippen LogP contribution in [-0.2, 0) is 7.05 Å². The highest BCUT2D eigenvalue weighted by atomic mass is 35.5. The molecule has 1 atom stereocenters. The molecule has 0 bridgehead atoms. The van der Waals surface area contributed by atoms with Crippen molar-refractivity contribution in [2.24, 2.45) is 7.05 Å². The Bertz CT molecular complexity index is 937. The second-order valence-electron chi connectivity index (χ2n) is 6.24. The van der Waals surface area contributed by atoms with Crippen LogP contribution in [0.25, 0.3) is 5.69 Å². The van der Waals surface area contributed by atoms with Crippen LogP contribution in [0.4, 0.5) is 0 Å². The number of carbonyl (C=O) groups is 1. The molecular weight excluding hydrogens is 387 g/mol. The summed E-state index contributed by atoms with van der Waals surface area (Å²) in [6.45, 7) is 2.04. The van der Waals surface area contributed by atoms with Gasteiger partial charge >= 0.3 is 0 Å². The summed E-state index contributed by atoms with van der Waals surface area (Å²) in [6.07, 6.45) is 5.41. The van der Waals surface area contributed by atoms with Crippen molar-refractivity contribution in [2.45, 2.75) is 6.04 Å². The first-order valence-electron chi connectivity index (χ1n) is 8.44. The van der Waals surface area contributed by atoms with Crippen LogP contribution in [-0.4, -0.2) is 49.8 Å². The van der Waals surface area contributed by atoms with Gasteiger partial charge in [-0.2, -0.15) is 5.10 Å². The average Bonchev–Trinajstić information content (AvgIpc) is 3.30. The molecule has 1 fully saturated rings. The maximum atomic E-state index is 13.1. The Kier molecular flexibility index (Phi) is 5.84. The fourth-order valence-corrected chi connectivity index (χ4v) is 3.41. The van der Waals surface area contributed by atoms with Gasteiger partial charge in [-0.05, 0) is 24.3 Å². The van der Waals surface area contributed by atoms with Crippen LogP contribution in [0.2, 0.25) is 5.02 Å². The summed E-state index contributed by atoms with van der Waals surface area (Å²) in [5, 5.41) is 8.42. The number of amides is 1. The lowest BCUT2D eigenvalue weighted by Crippen LogP contribution is -2.49. The number of piperazine rings is 1. The lowest BCUT2D eigenvalue weighted by Gasteiger charge is -2.35. The molecule has 3 heterocycles. The summed E-state index contributed by atoms with van der Waals surface area (Å²) in [4.78, 5) is 19.3. The van der Waals surface area contributed by atoms with Crippen LogP contribution in [0.3, 0.4) is 0 Å². The van der Waals surface area contributed by atoms with E-state index in [2.05, 4.69) is 15.4 Å². The van der Waals surface area contributed by atoms with E-state index in [1.54, 1.807) is 29.2 Å². The molecule has 27 heavy (non-hydrogen) atoms. The van der Waals surface area contributed by atoms with Crippen molar-refractivity contribution in [1.82, 2.24) is 29.5 Å². The van der Waals surface area contributed by atoms with E-state index in [0.29, 0.717) is 23.8 Å². The Balaban J connectivity index is 0.00000210. The van der Waals surface area contributed by atoms with Crippen molar-refractivity contribution in [1.29, 1.82) is 0 Å². The Morgan fingerprint density at radius 3 is 2.89 bits per heavy atom. The van der Waals surface area contributed by atoms with E-state index < -0.39 is 0 Å². The van der Waals surface area contributed by atoms with E-state index in [1.165, 1.54) is 0 Å². The topological polar surface area (TPSA) is 68.0 Å². The van der Waals surface area contributed by atoms with E-state index in [0.717, 1.165) is 18.1 Å². The van der Waals surface area contributed by atoms with Crippen molar-refractivity contribution < 1.29 is 4.79 Å². The van der Waals surface area contributed by atoms with Crippen LogP contribution in [0.1, 0.15) is 22.4 Å². The second-order valence-corrected chi connectivity index (χ2v) is 6.68. The van der Waals surface area contributed by atoms with E-state index in [-0.39, 0.29) is 24.4 Å². The van der Waals surface area contributed by atoms with Crippen LogP contribution < -0.4 is 5.32 Å². The average molecular weight is 407 g/mol. The van der Waals surface area contributed by atoms with Crippen molar-refractivity contribution >= 4 is 29.9 Å². The van der Waals surface area contributed by atoms with Crippen molar-refractivity contribution in [3.05, 3.63) is 65.5 Å². The van der Waals surface area contributed by atoms with Gasteiger partial charge in [0.05, 0.1) is 5.69 Å². The molecule has 2 aromatic heterocycles. The SMILES string of the molecule is Cl.Cn1ccnc1C1CNCCN1C(=O)c1ccn(-c2cccc(Cl)c2)n1.